The number of ketones is 1. The van der Waals surface area contributed by atoms with Gasteiger partial charge in [-0.2, -0.15) is 10.2 Å². The summed E-state index contributed by atoms with van der Waals surface area (Å²) in [5.41, 5.74) is -5.23. The molecule has 2 aliphatic heterocycles. The Hall–Kier alpha value is -6.29. The van der Waals surface area contributed by atoms with Crippen LogP contribution in [0.25, 0.3) is 10.8 Å². The number of methoxy groups -OCH3 is 2. The van der Waals surface area contributed by atoms with Crippen molar-refractivity contribution in [3.8, 4) is 0 Å². The molecule has 2 heterocycles. The van der Waals surface area contributed by atoms with Gasteiger partial charge < -0.3 is 9.47 Å². The number of Topliss-reactive ketones (excluding diaryl/α,β-unsaturated/α-hetero) is 1. The lowest BCUT2D eigenvalue weighted by atomic mass is 9.58. The van der Waals surface area contributed by atoms with Crippen LogP contribution in [0.15, 0.2) is 156 Å². The summed E-state index contributed by atoms with van der Waals surface area (Å²) in [6.45, 7) is 0. The lowest BCUT2D eigenvalue weighted by molar-refractivity contribution is -0.158. The predicted octanol–water partition coefficient (Wildman–Crippen LogP) is 8.30. The van der Waals surface area contributed by atoms with E-state index < -0.39 is 39.6 Å². The summed E-state index contributed by atoms with van der Waals surface area (Å²) in [5.74, 6) is -2.60. The molecule has 2 spiro atoms. The van der Waals surface area contributed by atoms with Crippen molar-refractivity contribution in [2.24, 2.45) is 21.0 Å². The molecule has 10 rings (SSSR count). The van der Waals surface area contributed by atoms with Crippen molar-refractivity contribution in [2.45, 2.75) is 11.1 Å². The summed E-state index contributed by atoms with van der Waals surface area (Å²) in [6, 6.07) is 43.8. The minimum Gasteiger partial charge on any atom is -0.468 e. The van der Waals surface area contributed by atoms with Gasteiger partial charge in [0, 0.05) is 10.0 Å². The molecule has 2 aliphatic carbocycles. The summed E-state index contributed by atoms with van der Waals surface area (Å²) in [4.78, 5) is 48.4. The number of nitrogens with zero attached hydrogens (tertiary/aromatic N) is 4. The third-order valence-electron chi connectivity index (χ3n) is 11.9. The molecule has 1 fully saturated rings. The number of hydrogen-bond acceptors (Lipinski definition) is 9. The first-order valence-electron chi connectivity index (χ1n) is 17.9. The highest BCUT2D eigenvalue weighted by molar-refractivity contribution is 6.46. The first kappa shape index (κ1) is 34.2. The van der Waals surface area contributed by atoms with Gasteiger partial charge in [-0.15, -0.1) is 0 Å². The molecule has 56 heavy (non-hydrogen) atoms. The van der Waals surface area contributed by atoms with Crippen molar-refractivity contribution in [3.05, 3.63) is 178 Å². The number of halogens is 2. The zero-order chi connectivity index (χ0) is 38.6. The van der Waals surface area contributed by atoms with Crippen LogP contribution in [0.5, 0.6) is 0 Å². The number of carbonyl (C=O) groups is 3. The van der Waals surface area contributed by atoms with Gasteiger partial charge in [0.2, 0.25) is 10.8 Å². The lowest BCUT2D eigenvalue weighted by Gasteiger charge is -2.53. The normalized spacial score (nSPS) is 25.4. The van der Waals surface area contributed by atoms with Gasteiger partial charge in [-0.3, -0.25) is 14.4 Å². The lowest BCUT2D eigenvalue weighted by Crippen LogP contribution is -2.69. The molecule has 6 aromatic rings. The molecule has 274 valence electrons. The Morgan fingerprint density at radius 2 is 0.929 bits per heavy atom. The van der Waals surface area contributed by atoms with Crippen LogP contribution in [0.2, 0.25) is 10.0 Å². The van der Waals surface area contributed by atoms with E-state index in [0.29, 0.717) is 43.7 Å². The average molecular weight is 778 g/mol. The summed E-state index contributed by atoms with van der Waals surface area (Å²) in [7, 11) is 2.50. The molecule has 0 bridgehead atoms. The monoisotopic (exact) mass is 776 g/mol. The number of rotatable bonds is 6. The number of hydrogen-bond donors (Lipinski definition) is 0. The van der Waals surface area contributed by atoms with Crippen LogP contribution in [0.1, 0.15) is 22.3 Å². The number of esters is 2. The second-order valence-corrected chi connectivity index (χ2v) is 15.0. The Labute approximate surface area is 331 Å². The molecule has 0 amide bonds. The van der Waals surface area contributed by atoms with E-state index in [-0.39, 0.29) is 11.4 Å². The Balaban J connectivity index is 1.51. The SMILES string of the molecule is COC(=O)C12C(=O)C3(C(=O)OC)C(c4ccc(Cl)cc4)=NN(c4ccccc4)C34c3cccc5cccc(c35)C14N(c1ccccc1)N=C2c1ccc(Cl)cc1. The smallest absolute Gasteiger partial charge is 0.328 e. The second kappa shape index (κ2) is 11.9. The Morgan fingerprint density at radius 3 is 1.30 bits per heavy atom. The molecule has 0 N–H and O–H groups in total. The molecule has 0 saturated heterocycles. The first-order chi connectivity index (χ1) is 27.3. The maximum absolute atomic E-state index is 17.0. The zero-order valence-corrected chi connectivity index (χ0v) is 31.5. The van der Waals surface area contributed by atoms with Gasteiger partial charge in [0.05, 0.1) is 37.0 Å². The third kappa shape index (κ3) is 3.66. The van der Waals surface area contributed by atoms with Gasteiger partial charge in [0.15, 0.2) is 5.78 Å². The van der Waals surface area contributed by atoms with E-state index in [0.717, 1.165) is 10.8 Å². The van der Waals surface area contributed by atoms with E-state index in [1.807, 2.05) is 97.1 Å². The highest BCUT2D eigenvalue weighted by Gasteiger charge is 2.99. The molecular formula is C45H30Cl2N4O5. The molecule has 4 aliphatic rings. The van der Waals surface area contributed by atoms with Crippen molar-refractivity contribution < 1.29 is 23.9 Å². The Bertz CT molecular complexity index is 2540. The number of para-hydroxylation sites is 2. The molecule has 0 radical (unpaired) electrons. The molecule has 4 unspecified atom stereocenters. The van der Waals surface area contributed by atoms with Crippen molar-refractivity contribution in [3.63, 3.8) is 0 Å². The summed E-state index contributed by atoms with van der Waals surface area (Å²) >= 11 is 12.9. The minimum atomic E-state index is -2.35. The van der Waals surface area contributed by atoms with E-state index in [1.165, 1.54) is 14.2 Å². The molecule has 6 aromatic carbocycles. The van der Waals surface area contributed by atoms with Crippen LogP contribution in [0, 0.1) is 10.8 Å². The van der Waals surface area contributed by atoms with Crippen LogP contribution in [0.4, 0.5) is 11.4 Å². The van der Waals surface area contributed by atoms with Gasteiger partial charge >= 0.3 is 11.9 Å². The third-order valence-corrected chi connectivity index (χ3v) is 12.4. The maximum atomic E-state index is 17.0. The van der Waals surface area contributed by atoms with E-state index in [1.54, 1.807) is 58.5 Å². The van der Waals surface area contributed by atoms with E-state index in [4.69, 9.17) is 42.9 Å². The van der Waals surface area contributed by atoms with Gasteiger partial charge in [0.25, 0.3) is 0 Å². The van der Waals surface area contributed by atoms with Gasteiger partial charge in [-0.1, -0.05) is 120 Å². The van der Waals surface area contributed by atoms with Gasteiger partial charge in [0.1, 0.15) is 11.1 Å². The number of carbonyl (C=O) groups excluding carboxylic acids is 3. The van der Waals surface area contributed by atoms with Gasteiger partial charge in [-0.25, -0.2) is 10.0 Å². The number of anilines is 2. The van der Waals surface area contributed by atoms with Crippen LogP contribution in [0.3, 0.4) is 0 Å². The quantitative estimate of drug-likeness (QED) is 0.124. The molecule has 9 nitrogen and oxygen atoms in total. The fourth-order valence-electron chi connectivity index (χ4n) is 10.2. The fourth-order valence-corrected chi connectivity index (χ4v) is 10.4. The summed E-state index contributed by atoms with van der Waals surface area (Å²) < 4.78 is 11.7. The zero-order valence-electron chi connectivity index (χ0n) is 29.9. The summed E-state index contributed by atoms with van der Waals surface area (Å²) in [5, 5.41) is 16.7. The second-order valence-electron chi connectivity index (χ2n) is 14.1. The largest absolute Gasteiger partial charge is 0.468 e. The van der Waals surface area contributed by atoms with Crippen LogP contribution < -0.4 is 10.0 Å². The number of benzene rings is 6. The molecule has 4 atom stereocenters. The first-order valence-corrected chi connectivity index (χ1v) is 18.7. The number of hydrazone groups is 2. The molecule has 11 heteroatoms. The predicted molar refractivity (Wildman–Crippen MR) is 215 cm³/mol. The minimum absolute atomic E-state index is 0.0835. The van der Waals surface area contributed by atoms with Crippen molar-refractivity contribution in [1.29, 1.82) is 0 Å². The highest BCUT2D eigenvalue weighted by atomic mass is 35.5. The Morgan fingerprint density at radius 1 is 0.536 bits per heavy atom. The summed E-state index contributed by atoms with van der Waals surface area (Å²) in [6.07, 6.45) is 0. The van der Waals surface area contributed by atoms with Gasteiger partial charge in [-0.05, 0) is 81.6 Å². The van der Waals surface area contributed by atoms with Crippen LogP contribution in [-0.2, 0) is 34.9 Å². The number of ether oxygens (including phenoxy) is 2. The average Bonchev–Trinajstić information content (AvgIpc) is 3.88. The van der Waals surface area contributed by atoms with Crippen molar-refractivity contribution >= 4 is 74.5 Å². The van der Waals surface area contributed by atoms with Crippen molar-refractivity contribution in [1.82, 2.24) is 0 Å². The highest BCUT2D eigenvalue weighted by Crippen LogP contribution is 2.81. The molecule has 0 aromatic heterocycles. The maximum Gasteiger partial charge on any atom is 0.328 e. The van der Waals surface area contributed by atoms with E-state index in [9.17, 15) is 0 Å². The van der Waals surface area contributed by atoms with E-state index in [2.05, 4.69) is 0 Å². The van der Waals surface area contributed by atoms with Crippen LogP contribution in [-0.4, -0.2) is 43.4 Å². The van der Waals surface area contributed by atoms with E-state index >= 15 is 14.4 Å². The topological polar surface area (TPSA) is 101 Å². The van der Waals surface area contributed by atoms with Crippen LogP contribution >= 0.6 is 23.2 Å². The molecule has 1 saturated carbocycles. The standard InChI is InChI=1S/C45H30Cl2N4O5/c1-55-40(53)42-37(28-19-23-30(46)24-20-28)48-50(32-13-5-3-6-14-32)44(42)34-17-9-11-27-12-10-18-35(36(27)34)45(44)43(39(42)52,41(54)56-2)38(29-21-25-31(47)26-22-29)49-51(45)33-15-7-4-8-16-33/h3-26H,1-2H3. The molecular weight excluding hydrogens is 747 g/mol. The van der Waals surface area contributed by atoms with Crippen molar-refractivity contribution in [2.75, 3.05) is 24.2 Å². The Kier molecular flexibility index (Phi) is 7.24. The fraction of sp³-hybridized carbons (Fsp3) is 0.133.